The smallest absolute Gasteiger partial charge is 0.292 e. The summed E-state index contributed by atoms with van der Waals surface area (Å²) in [6, 6.07) is 1.05. The molecule has 3 nitrogen and oxygen atoms in total. The molecular formula is C11H24O3Si. The monoisotopic (exact) mass is 232 g/mol. The summed E-state index contributed by atoms with van der Waals surface area (Å²) >= 11 is 0. The summed E-state index contributed by atoms with van der Waals surface area (Å²) in [5.41, 5.74) is 0. The summed E-state index contributed by atoms with van der Waals surface area (Å²) in [4.78, 5) is 11.4. The van der Waals surface area contributed by atoms with Gasteiger partial charge in [0.1, 0.15) is 0 Å². The standard InChI is InChI=1S/C11H24O3Si/c1-4-5-10-15(2,3)14-11(13)8-6-7-9-12/h12H,4-10H2,1-3H3. The zero-order chi connectivity index (χ0) is 11.7. The first kappa shape index (κ1) is 14.6. The molecule has 0 aromatic rings. The fraction of sp³-hybridized carbons (Fsp3) is 0.909. The van der Waals surface area contributed by atoms with Crippen LogP contribution in [-0.4, -0.2) is 26.0 Å². The molecule has 0 aliphatic rings. The molecule has 0 amide bonds. The molecule has 0 unspecified atom stereocenters. The van der Waals surface area contributed by atoms with Crippen molar-refractivity contribution in [3.8, 4) is 0 Å². The molecule has 0 bridgehead atoms. The molecule has 0 spiro atoms. The Morgan fingerprint density at radius 1 is 1.27 bits per heavy atom. The normalized spacial score (nSPS) is 11.5. The highest BCUT2D eigenvalue weighted by Gasteiger charge is 2.25. The van der Waals surface area contributed by atoms with E-state index >= 15 is 0 Å². The van der Waals surface area contributed by atoms with Gasteiger partial charge in [-0.3, -0.25) is 4.79 Å². The van der Waals surface area contributed by atoms with Crippen LogP contribution in [-0.2, 0) is 9.22 Å². The Bertz CT molecular complexity index is 181. The van der Waals surface area contributed by atoms with Crippen molar-refractivity contribution in [1.82, 2.24) is 0 Å². The van der Waals surface area contributed by atoms with Crippen LogP contribution in [0.15, 0.2) is 0 Å². The third-order valence-electron chi connectivity index (χ3n) is 2.31. The number of aliphatic hydroxyl groups excluding tert-OH is 1. The van der Waals surface area contributed by atoms with Crippen LogP contribution in [0.1, 0.15) is 39.0 Å². The molecule has 15 heavy (non-hydrogen) atoms. The molecule has 0 aromatic carbocycles. The highest BCUT2D eigenvalue weighted by Crippen LogP contribution is 2.16. The van der Waals surface area contributed by atoms with E-state index in [0.717, 1.165) is 25.3 Å². The number of unbranched alkanes of at least 4 members (excludes halogenated alkanes) is 2. The van der Waals surface area contributed by atoms with E-state index in [9.17, 15) is 4.79 Å². The summed E-state index contributed by atoms with van der Waals surface area (Å²) in [5.74, 6) is -0.0868. The van der Waals surface area contributed by atoms with E-state index in [4.69, 9.17) is 9.53 Å². The first-order valence-corrected chi connectivity index (χ1v) is 8.96. The topological polar surface area (TPSA) is 46.5 Å². The lowest BCUT2D eigenvalue weighted by Crippen LogP contribution is -2.33. The van der Waals surface area contributed by atoms with Crippen LogP contribution < -0.4 is 0 Å². The van der Waals surface area contributed by atoms with Crippen molar-refractivity contribution in [1.29, 1.82) is 0 Å². The number of hydrogen-bond acceptors (Lipinski definition) is 3. The fourth-order valence-corrected chi connectivity index (χ4v) is 3.42. The van der Waals surface area contributed by atoms with Crippen LogP contribution in [0.3, 0.4) is 0 Å². The van der Waals surface area contributed by atoms with E-state index in [0.29, 0.717) is 12.8 Å². The van der Waals surface area contributed by atoms with Gasteiger partial charge in [0, 0.05) is 13.0 Å². The molecule has 4 heteroatoms. The van der Waals surface area contributed by atoms with Crippen LogP contribution in [0.2, 0.25) is 19.1 Å². The van der Waals surface area contributed by atoms with Gasteiger partial charge in [-0.15, -0.1) is 0 Å². The molecule has 0 aromatic heterocycles. The number of carbonyl (C=O) groups excluding carboxylic acids is 1. The first-order valence-electron chi connectivity index (χ1n) is 5.84. The summed E-state index contributed by atoms with van der Waals surface area (Å²) in [6.45, 7) is 6.48. The minimum atomic E-state index is -1.76. The third kappa shape index (κ3) is 8.63. The van der Waals surface area contributed by atoms with Crippen LogP contribution in [0, 0.1) is 0 Å². The van der Waals surface area contributed by atoms with Crippen LogP contribution in [0.5, 0.6) is 0 Å². The van der Waals surface area contributed by atoms with Crippen LogP contribution >= 0.6 is 0 Å². The summed E-state index contributed by atoms with van der Waals surface area (Å²) in [5, 5.41) is 8.58. The van der Waals surface area contributed by atoms with Crippen molar-refractivity contribution in [2.45, 2.75) is 58.2 Å². The van der Waals surface area contributed by atoms with Crippen molar-refractivity contribution in [2.75, 3.05) is 6.61 Å². The highest BCUT2D eigenvalue weighted by atomic mass is 28.4. The lowest BCUT2D eigenvalue weighted by molar-refractivity contribution is -0.135. The third-order valence-corrected chi connectivity index (χ3v) is 4.65. The van der Waals surface area contributed by atoms with Crippen molar-refractivity contribution in [3.05, 3.63) is 0 Å². The predicted molar refractivity (Wildman–Crippen MR) is 64.2 cm³/mol. The molecule has 0 aliphatic carbocycles. The van der Waals surface area contributed by atoms with Crippen LogP contribution in [0.4, 0.5) is 0 Å². The van der Waals surface area contributed by atoms with E-state index in [1.54, 1.807) is 0 Å². The summed E-state index contributed by atoms with van der Waals surface area (Å²) in [6.07, 6.45) is 4.16. The minimum absolute atomic E-state index is 0.0868. The highest BCUT2D eigenvalue weighted by molar-refractivity contribution is 6.72. The maximum absolute atomic E-state index is 11.4. The average molecular weight is 232 g/mol. The van der Waals surface area contributed by atoms with Crippen molar-refractivity contribution in [2.24, 2.45) is 0 Å². The molecule has 0 saturated heterocycles. The van der Waals surface area contributed by atoms with Crippen molar-refractivity contribution in [3.63, 3.8) is 0 Å². The molecule has 0 aliphatic heterocycles. The van der Waals surface area contributed by atoms with E-state index in [-0.39, 0.29) is 12.6 Å². The minimum Gasteiger partial charge on any atom is -0.520 e. The van der Waals surface area contributed by atoms with Gasteiger partial charge < -0.3 is 9.53 Å². The number of rotatable bonds is 8. The largest absolute Gasteiger partial charge is 0.520 e. The average Bonchev–Trinajstić information content (AvgIpc) is 2.14. The zero-order valence-corrected chi connectivity index (χ0v) is 11.2. The van der Waals surface area contributed by atoms with Crippen LogP contribution in [0.25, 0.3) is 0 Å². The summed E-state index contributed by atoms with van der Waals surface area (Å²) < 4.78 is 5.50. The number of aliphatic hydroxyl groups is 1. The molecule has 0 saturated carbocycles. The lowest BCUT2D eigenvalue weighted by Gasteiger charge is -2.22. The quantitative estimate of drug-likeness (QED) is 0.517. The Morgan fingerprint density at radius 2 is 1.93 bits per heavy atom. The van der Waals surface area contributed by atoms with Gasteiger partial charge in [0.25, 0.3) is 5.97 Å². The molecule has 0 fully saturated rings. The van der Waals surface area contributed by atoms with E-state index in [1.807, 2.05) is 0 Å². The molecule has 0 radical (unpaired) electrons. The van der Waals surface area contributed by atoms with E-state index in [1.165, 1.54) is 0 Å². The first-order chi connectivity index (χ1) is 7.02. The lowest BCUT2D eigenvalue weighted by atomic mass is 10.2. The maximum atomic E-state index is 11.4. The molecule has 0 atom stereocenters. The Hall–Kier alpha value is -0.353. The predicted octanol–water partition coefficient (Wildman–Crippen LogP) is 2.70. The van der Waals surface area contributed by atoms with E-state index < -0.39 is 8.32 Å². The molecule has 0 heterocycles. The molecule has 90 valence electrons. The van der Waals surface area contributed by atoms with Gasteiger partial charge >= 0.3 is 0 Å². The van der Waals surface area contributed by atoms with Gasteiger partial charge in [-0.2, -0.15) is 0 Å². The van der Waals surface area contributed by atoms with E-state index in [2.05, 4.69) is 20.0 Å². The second kappa shape index (κ2) is 7.88. The number of carbonyl (C=O) groups is 1. The van der Waals surface area contributed by atoms with Gasteiger partial charge in [-0.1, -0.05) is 19.8 Å². The van der Waals surface area contributed by atoms with Gasteiger partial charge in [0.15, 0.2) is 0 Å². The van der Waals surface area contributed by atoms with Crippen molar-refractivity contribution >= 4 is 14.3 Å². The Morgan fingerprint density at radius 3 is 2.47 bits per heavy atom. The van der Waals surface area contributed by atoms with Gasteiger partial charge in [-0.25, -0.2) is 0 Å². The van der Waals surface area contributed by atoms with Gasteiger partial charge in [-0.05, 0) is 32.0 Å². The number of hydrogen-bond donors (Lipinski definition) is 1. The Kier molecular flexibility index (Phi) is 7.69. The van der Waals surface area contributed by atoms with Crippen molar-refractivity contribution < 1.29 is 14.3 Å². The van der Waals surface area contributed by atoms with Gasteiger partial charge in [0.2, 0.25) is 8.32 Å². The van der Waals surface area contributed by atoms with Gasteiger partial charge in [0.05, 0.1) is 0 Å². The summed E-state index contributed by atoms with van der Waals surface area (Å²) in [7, 11) is -1.76. The molecule has 0 rings (SSSR count). The fourth-order valence-electron chi connectivity index (χ4n) is 1.39. The molecular weight excluding hydrogens is 208 g/mol. The second-order valence-electron chi connectivity index (χ2n) is 4.52. The maximum Gasteiger partial charge on any atom is 0.292 e. The Balaban J connectivity index is 3.72. The zero-order valence-electron chi connectivity index (χ0n) is 10.2. The second-order valence-corrected chi connectivity index (χ2v) is 8.74. The Labute approximate surface area is 94.0 Å². The molecule has 1 N–H and O–H groups in total. The SMILES string of the molecule is CCCC[Si](C)(C)OC(=O)CCCCO.